The van der Waals surface area contributed by atoms with Crippen LogP contribution in [0.4, 0.5) is 0 Å². The summed E-state index contributed by atoms with van der Waals surface area (Å²) >= 11 is 0. The highest BCUT2D eigenvalue weighted by Gasteiger charge is 2.03. The number of benzene rings is 1. The standard InChI is InChI=1S/C14H23NO/c1-4-12(3)15-10-13-8-6-7-9-14(13)11-16-5-2/h6-9,12,15H,4-5,10-11H2,1-3H3. The van der Waals surface area contributed by atoms with E-state index in [0.717, 1.165) is 26.2 Å². The van der Waals surface area contributed by atoms with Gasteiger partial charge in [-0.2, -0.15) is 0 Å². The van der Waals surface area contributed by atoms with Gasteiger partial charge in [-0.05, 0) is 31.4 Å². The normalized spacial score (nSPS) is 12.7. The van der Waals surface area contributed by atoms with Crippen LogP contribution in [0.3, 0.4) is 0 Å². The Morgan fingerprint density at radius 1 is 1.19 bits per heavy atom. The Morgan fingerprint density at radius 2 is 1.88 bits per heavy atom. The van der Waals surface area contributed by atoms with Crippen molar-refractivity contribution in [3.63, 3.8) is 0 Å². The summed E-state index contributed by atoms with van der Waals surface area (Å²) in [5.74, 6) is 0. The molecule has 0 aliphatic rings. The van der Waals surface area contributed by atoms with Gasteiger partial charge in [0.15, 0.2) is 0 Å². The van der Waals surface area contributed by atoms with E-state index in [2.05, 4.69) is 43.4 Å². The van der Waals surface area contributed by atoms with E-state index in [1.807, 2.05) is 6.92 Å². The van der Waals surface area contributed by atoms with Gasteiger partial charge in [0.05, 0.1) is 6.61 Å². The third-order valence-corrected chi connectivity index (χ3v) is 2.83. The molecule has 0 fully saturated rings. The molecule has 1 N–H and O–H groups in total. The molecule has 0 bridgehead atoms. The Bertz CT molecular complexity index is 299. The second-order valence-corrected chi connectivity index (χ2v) is 4.10. The van der Waals surface area contributed by atoms with Crippen molar-refractivity contribution >= 4 is 0 Å². The molecule has 1 aromatic carbocycles. The second-order valence-electron chi connectivity index (χ2n) is 4.10. The van der Waals surface area contributed by atoms with Gasteiger partial charge in [0.2, 0.25) is 0 Å². The summed E-state index contributed by atoms with van der Waals surface area (Å²) in [5, 5.41) is 3.51. The van der Waals surface area contributed by atoms with Crippen LogP contribution in [0.25, 0.3) is 0 Å². The van der Waals surface area contributed by atoms with Gasteiger partial charge < -0.3 is 10.1 Å². The second kappa shape index (κ2) is 7.42. The minimum atomic E-state index is 0.570. The number of hydrogen-bond donors (Lipinski definition) is 1. The van der Waals surface area contributed by atoms with Gasteiger partial charge in [-0.1, -0.05) is 31.2 Å². The van der Waals surface area contributed by atoms with E-state index in [-0.39, 0.29) is 0 Å². The monoisotopic (exact) mass is 221 g/mol. The van der Waals surface area contributed by atoms with E-state index < -0.39 is 0 Å². The van der Waals surface area contributed by atoms with E-state index in [0.29, 0.717) is 6.04 Å². The molecular weight excluding hydrogens is 198 g/mol. The molecular formula is C14H23NO. The van der Waals surface area contributed by atoms with Crippen molar-refractivity contribution < 1.29 is 4.74 Å². The minimum Gasteiger partial charge on any atom is -0.377 e. The van der Waals surface area contributed by atoms with Crippen molar-refractivity contribution in [2.45, 2.75) is 46.4 Å². The maximum atomic E-state index is 5.47. The number of ether oxygens (including phenoxy) is 1. The zero-order valence-electron chi connectivity index (χ0n) is 10.6. The fourth-order valence-electron chi connectivity index (χ4n) is 1.51. The molecule has 2 nitrogen and oxygen atoms in total. The molecule has 1 aromatic rings. The molecule has 0 heterocycles. The van der Waals surface area contributed by atoms with Crippen LogP contribution in [0.1, 0.15) is 38.3 Å². The first-order chi connectivity index (χ1) is 7.77. The number of rotatable bonds is 7. The van der Waals surface area contributed by atoms with Gasteiger partial charge in [-0.25, -0.2) is 0 Å². The fraction of sp³-hybridized carbons (Fsp3) is 0.571. The highest BCUT2D eigenvalue weighted by atomic mass is 16.5. The Morgan fingerprint density at radius 3 is 2.50 bits per heavy atom. The third-order valence-electron chi connectivity index (χ3n) is 2.83. The summed E-state index contributed by atoms with van der Waals surface area (Å²) in [5.41, 5.74) is 2.64. The molecule has 1 unspecified atom stereocenters. The molecule has 16 heavy (non-hydrogen) atoms. The molecule has 2 heteroatoms. The minimum absolute atomic E-state index is 0.570. The van der Waals surface area contributed by atoms with Crippen LogP contribution in [0, 0.1) is 0 Å². The predicted octanol–water partition coefficient (Wildman–Crippen LogP) is 3.11. The van der Waals surface area contributed by atoms with Crippen LogP contribution in [-0.2, 0) is 17.9 Å². The molecule has 1 atom stereocenters. The third kappa shape index (κ3) is 4.33. The molecule has 90 valence electrons. The molecule has 1 rings (SSSR count). The van der Waals surface area contributed by atoms with E-state index in [4.69, 9.17) is 4.74 Å². The maximum absolute atomic E-state index is 5.47. The van der Waals surface area contributed by atoms with Crippen molar-refractivity contribution in [1.82, 2.24) is 5.32 Å². The fourth-order valence-corrected chi connectivity index (χ4v) is 1.51. The van der Waals surface area contributed by atoms with Crippen LogP contribution in [0.15, 0.2) is 24.3 Å². The highest BCUT2D eigenvalue weighted by molar-refractivity contribution is 5.26. The molecule has 0 spiro atoms. The Hall–Kier alpha value is -0.860. The lowest BCUT2D eigenvalue weighted by molar-refractivity contribution is 0.133. The van der Waals surface area contributed by atoms with Crippen LogP contribution < -0.4 is 5.32 Å². The summed E-state index contributed by atoms with van der Waals surface area (Å²) in [6.07, 6.45) is 1.16. The van der Waals surface area contributed by atoms with Crippen molar-refractivity contribution in [3.05, 3.63) is 35.4 Å². The van der Waals surface area contributed by atoms with Gasteiger partial charge in [-0.3, -0.25) is 0 Å². The molecule has 0 saturated carbocycles. The SMILES string of the molecule is CCOCc1ccccc1CNC(C)CC. The zero-order chi connectivity index (χ0) is 11.8. The summed E-state index contributed by atoms with van der Waals surface area (Å²) < 4.78 is 5.47. The Kier molecular flexibility index (Phi) is 6.12. The smallest absolute Gasteiger partial charge is 0.0719 e. The van der Waals surface area contributed by atoms with Crippen molar-refractivity contribution in [2.24, 2.45) is 0 Å². The van der Waals surface area contributed by atoms with E-state index in [1.165, 1.54) is 11.1 Å². The van der Waals surface area contributed by atoms with E-state index in [9.17, 15) is 0 Å². The van der Waals surface area contributed by atoms with Gasteiger partial charge in [0.1, 0.15) is 0 Å². The van der Waals surface area contributed by atoms with E-state index in [1.54, 1.807) is 0 Å². The van der Waals surface area contributed by atoms with Crippen LogP contribution in [-0.4, -0.2) is 12.6 Å². The molecule has 0 amide bonds. The average Bonchev–Trinajstić information content (AvgIpc) is 2.34. The van der Waals surface area contributed by atoms with Crippen LogP contribution >= 0.6 is 0 Å². The number of nitrogens with one attached hydrogen (secondary N) is 1. The van der Waals surface area contributed by atoms with Gasteiger partial charge >= 0.3 is 0 Å². The lowest BCUT2D eigenvalue weighted by Gasteiger charge is -2.14. The summed E-state index contributed by atoms with van der Waals surface area (Å²) in [6, 6.07) is 9.04. The lowest BCUT2D eigenvalue weighted by Crippen LogP contribution is -2.25. The van der Waals surface area contributed by atoms with E-state index >= 15 is 0 Å². The first-order valence-electron chi connectivity index (χ1n) is 6.15. The molecule has 0 radical (unpaired) electrons. The maximum Gasteiger partial charge on any atom is 0.0719 e. The van der Waals surface area contributed by atoms with Crippen molar-refractivity contribution in [3.8, 4) is 0 Å². The first kappa shape index (κ1) is 13.2. The molecule has 0 saturated heterocycles. The molecule has 0 aliphatic heterocycles. The van der Waals surface area contributed by atoms with Crippen molar-refractivity contribution in [1.29, 1.82) is 0 Å². The molecule has 0 aromatic heterocycles. The van der Waals surface area contributed by atoms with Crippen LogP contribution in [0.5, 0.6) is 0 Å². The topological polar surface area (TPSA) is 21.3 Å². The lowest BCUT2D eigenvalue weighted by atomic mass is 10.1. The van der Waals surface area contributed by atoms with Gasteiger partial charge in [0, 0.05) is 19.2 Å². The van der Waals surface area contributed by atoms with Crippen LogP contribution in [0.2, 0.25) is 0 Å². The first-order valence-corrected chi connectivity index (χ1v) is 6.15. The quantitative estimate of drug-likeness (QED) is 0.764. The Labute approximate surface area is 99.0 Å². The summed E-state index contributed by atoms with van der Waals surface area (Å²) in [6.45, 7) is 8.86. The summed E-state index contributed by atoms with van der Waals surface area (Å²) in [7, 11) is 0. The largest absolute Gasteiger partial charge is 0.377 e. The number of hydrogen-bond acceptors (Lipinski definition) is 2. The zero-order valence-corrected chi connectivity index (χ0v) is 10.6. The predicted molar refractivity (Wildman–Crippen MR) is 68.4 cm³/mol. The van der Waals surface area contributed by atoms with Gasteiger partial charge in [0.25, 0.3) is 0 Å². The average molecular weight is 221 g/mol. The van der Waals surface area contributed by atoms with Crippen molar-refractivity contribution in [2.75, 3.05) is 6.61 Å². The Balaban J connectivity index is 2.56. The molecule has 0 aliphatic carbocycles. The summed E-state index contributed by atoms with van der Waals surface area (Å²) in [4.78, 5) is 0. The van der Waals surface area contributed by atoms with Gasteiger partial charge in [-0.15, -0.1) is 0 Å². The highest BCUT2D eigenvalue weighted by Crippen LogP contribution is 2.10.